The maximum absolute atomic E-state index is 11.5. The lowest BCUT2D eigenvalue weighted by atomic mass is 10.2. The van der Waals surface area contributed by atoms with Crippen molar-refractivity contribution in [3.05, 3.63) is 39.2 Å². The van der Waals surface area contributed by atoms with Crippen LogP contribution in [0.3, 0.4) is 0 Å². The van der Waals surface area contributed by atoms with E-state index >= 15 is 0 Å². The monoisotopic (exact) mass is 394 g/mol. The van der Waals surface area contributed by atoms with Gasteiger partial charge in [0.25, 0.3) is 0 Å². The van der Waals surface area contributed by atoms with Gasteiger partial charge in [0.05, 0.1) is 11.0 Å². The Bertz CT molecular complexity index is 721. The highest BCUT2D eigenvalue weighted by Gasteiger charge is 2.24. The molecule has 0 aliphatic carbocycles. The van der Waals surface area contributed by atoms with Crippen LogP contribution < -0.4 is 10.6 Å². The van der Waals surface area contributed by atoms with Crippen molar-refractivity contribution in [2.75, 3.05) is 23.8 Å². The molecule has 3 heterocycles. The molecule has 1 atom stereocenters. The number of hydrogen-bond donors (Lipinski definition) is 2. The van der Waals surface area contributed by atoms with E-state index in [0.29, 0.717) is 12.4 Å². The number of anilines is 3. The number of ether oxygens (including phenoxy) is 1. The Morgan fingerprint density at radius 3 is 2.83 bits per heavy atom. The van der Waals surface area contributed by atoms with Crippen molar-refractivity contribution >= 4 is 39.1 Å². The number of nitro groups is 1. The fourth-order valence-corrected chi connectivity index (χ4v) is 2.59. The minimum Gasteiger partial charge on any atom is -0.376 e. The predicted molar refractivity (Wildman–Crippen MR) is 91.4 cm³/mol. The molecule has 1 unspecified atom stereocenters. The number of nitrogens with one attached hydrogen (secondary N) is 2. The summed E-state index contributed by atoms with van der Waals surface area (Å²) in [4.78, 5) is 23.0. The molecule has 1 aliphatic heterocycles. The Balaban J connectivity index is 1.81. The van der Waals surface area contributed by atoms with E-state index in [4.69, 9.17) is 4.74 Å². The zero-order chi connectivity index (χ0) is 16.9. The molecule has 2 aromatic heterocycles. The Morgan fingerprint density at radius 2 is 2.17 bits per heavy atom. The molecule has 9 nitrogen and oxygen atoms in total. The SMILES string of the molecule is O=[N+]([O-])c1c(NCC2CCCO2)ncnc1Nc1ccc(Br)cn1. The molecule has 1 aliphatic rings. The fourth-order valence-electron chi connectivity index (χ4n) is 2.36. The van der Waals surface area contributed by atoms with E-state index < -0.39 is 4.92 Å². The van der Waals surface area contributed by atoms with E-state index in [1.165, 1.54) is 6.33 Å². The second-order valence-corrected chi connectivity index (χ2v) is 6.09. The van der Waals surface area contributed by atoms with E-state index in [0.717, 1.165) is 23.9 Å². The first-order valence-corrected chi connectivity index (χ1v) is 8.16. The molecule has 1 saturated heterocycles. The highest BCUT2D eigenvalue weighted by molar-refractivity contribution is 9.10. The van der Waals surface area contributed by atoms with Crippen molar-refractivity contribution in [1.29, 1.82) is 0 Å². The first-order valence-electron chi connectivity index (χ1n) is 7.37. The van der Waals surface area contributed by atoms with Crippen LogP contribution in [-0.4, -0.2) is 39.1 Å². The predicted octanol–water partition coefficient (Wildman–Crippen LogP) is 2.88. The van der Waals surface area contributed by atoms with Crippen molar-refractivity contribution < 1.29 is 9.66 Å². The Kier molecular flexibility index (Phi) is 5.16. The third kappa shape index (κ3) is 3.95. The molecule has 0 radical (unpaired) electrons. The summed E-state index contributed by atoms with van der Waals surface area (Å²) in [5.74, 6) is 0.690. The summed E-state index contributed by atoms with van der Waals surface area (Å²) in [5.41, 5.74) is -0.222. The van der Waals surface area contributed by atoms with Crippen LogP contribution in [0.15, 0.2) is 29.1 Å². The average Bonchev–Trinajstić information content (AvgIpc) is 3.08. The molecule has 3 rings (SSSR count). The first kappa shape index (κ1) is 16.5. The number of hydrogen-bond acceptors (Lipinski definition) is 8. The highest BCUT2D eigenvalue weighted by Crippen LogP contribution is 2.31. The summed E-state index contributed by atoms with van der Waals surface area (Å²) in [7, 11) is 0. The molecule has 2 aromatic rings. The maximum Gasteiger partial charge on any atom is 0.353 e. The van der Waals surface area contributed by atoms with Crippen LogP contribution in [0, 0.1) is 10.1 Å². The van der Waals surface area contributed by atoms with Crippen molar-refractivity contribution in [3.63, 3.8) is 0 Å². The van der Waals surface area contributed by atoms with Gasteiger partial charge in [-0.15, -0.1) is 0 Å². The molecular formula is C14H15BrN6O3. The van der Waals surface area contributed by atoms with E-state index in [1.807, 2.05) is 0 Å². The Labute approximate surface area is 146 Å². The van der Waals surface area contributed by atoms with Crippen LogP contribution in [0.4, 0.5) is 23.1 Å². The van der Waals surface area contributed by atoms with Gasteiger partial charge in [-0.2, -0.15) is 0 Å². The molecule has 24 heavy (non-hydrogen) atoms. The van der Waals surface area contributed by atoms with Gasteiger partial charge in [0.2, 0.25) is 11.6 Å². The number of pyridine rings is 1. The standard InChI is InChI=1S/C14H15BrN6O3/c15-9-3-4-11(16-6-9)20-14-12(21(22)23)13(18-8-19-14)17-7-10-2-1-5-24-10/h3-4,6,8,10H,1-2,5,7H2,(H2,16,17,18,19,20). The van der Waals surface area contributed by atoms with Crippen molar-refractivity contribution in [2.24, 2.45) is 0 Å². The zero-order valence-electron chi connectivity index (χ0n) is 12.6. The van der Waals surface area contributed by atoms with Crippen LogP contribution in [0.25, 0.3) is 0 Å². The summed E-state index contributed by atoms with van der Waals surface area (Å²) in [5, 5.41) is 17.3. The van der Waals surface area contributed by atoms with Gasteiger partial charge in [0.1, 0.15) is 12.1 Å². The average molecular weight is 395 g/mol. The molecule has 0 spiro atoms. The van der Waals surface area contributed by atoms with E-state index in [-0.39, 0.29) is 23.4 Å². The minimum atomic E-state index is -0.515. The minimum absolute atomic E-state index is 0.0455. The highest BCUT2D eigenvalue weighted by atomic mass is 79.9. The van der Waals surface area contributed by atoms with Gasteiger partial charge in [0, 0.05) is 23.8 Å². The van der Waals surface area contributed by atoms with E-state index in [2.05, 4.69) is 41.5 Å². The van der Waals surface area contributed by atoms with Gasteiger partial charge >= 0.3 is 5.69 Å². The molecule has 126 valence electrons. The van der Waals surface area contributed by atoms with Gasteiger partial charge in [-0.3, -0.25) is 10.1 Å². The van der Waals surface area contributed by atoms with Crippen molar-refractivity contribution in [1.82, 2.24) is 15.0 Å². The summed E-state index contributed by atoms with van der Waals surface area (Å²) in [6.45, 7) is 1.19. The first-order chi connectivity index (χ1) is 11.6. The largest absolute Gasteiger partial charge is 0.376 e. The number of aromatic nitrogens is 3. The number of nitrogens with zero attached hydrogens (tertiary/aromatic N) is 4. The topological polar surface area (TPSA) is 115 Å². The van der Waals surface area contributed by atoms with Crippen LogP contribution in [0.5, 0.6) is 0 Å². The lowest BCUT2D eigenvalue weighted by Gasteiger charge is -2.12. The number of rotatable bonds is 6. The van der Waals surface area contributed by atoms with Crippen LogP contribution in [0.1, 0.15) is 12.8 Å². The molecule has 2 N–H and O–H groups in total. The smallest absolute Gasteiger partial charge is 0.353 e. The Hall–Kier alpha value is -2.33. The second-order valence-electron chi connectivity index (χ2n) is 5.18. The van der Waals surface area contributed by atoms with Gasteiger partial charge in [-0.25, -0.2) is 15.0 Å². The van der Waals surface area contributed by atoms with Crippen LogP contribution in [-0.2, 0) is 4.74 Å². The van der Waals surface area contributed by atoms with Gasteiger partial charge in [-0.05, 0) is 40.9 Å². The molecule has 1 fully saturated rings. The van der Waals surface area contributed by atoms with Crippen LogP contribution in [0.2, 0.25) is 0 Å². The molecule has 0 saturated carbocycles. The van der Waals surface area contributed by atoms with Gasteiger partial charge < -0.3 is 15.4 Å². The van der Waals surface area contributed by atoms with Crippen molar-refractivity contribution in [2.45, 2.75) is 18.9 Å². The lowest BCUT2D eigenvalue weighted by Crippen LogP contribution is -2.20. The Morgan fingerprint density at radius 1 is 1.33 bits per heavy atom. The van der Waals surface area contributed by atoms with Crippen LogP contribution >= 0.6 is 15.9 Å². The zero-order valence-corrected chi connectivity index (χ0v) is 14.2. The fraction of sp³-hybridized carbons (Fsp3) is 0.357. The third-order valence-corrected chi connectivity index (χ3v) is 3.97. The van der Waals surface area contributed by atoms with E-state index in [9.17, 15) is 10.1 Å². The molecular weight excluding hydrogens is 380 g/mol. The maximum atomic E-state index is 11.5. The summed E-state index contributed by atoms with van der Waals surface area (Å²) < 4.78 is 6.32. The summed E-state index contributed by atoms with van der Waals surface area (Å²) >= 11 is 3.29. The van der Waals surface area contributed by atoms with Gasteiger partial charge in [-0.1, -0.05) is 0 Å². The van der Waals surface area contributed by atoms with Crippen molar-refractivity contribution in [3.8, 4) is 0 Å². The van der Waals surface area contributed by atoms with Gasteiger partial charge in [0.15, 0.2) is 0 Å². The van der Waals surface area contributed by atoms with E-state index in [1.54, 1.807) is 18.3 Å². The molecule has 0 aromatic carbocycles. The quantitative estimate of drug-likeness (QED) is 0.567. The normalized spacial score (nSPS) is 16.8. The molecule has 0 bridgehead atoms. The number of halogens is 1. The molecule has 0 amide bonds. The molecule has 10 heteroatoms. The lowest BCUT2D eigenvalue weighted by molar-refractivity contribution is -0.383. The third-order valence-electron chi connectivity index (χ3n) is 3.50. The summed E-state index contributed by atoms with van der Waals surface area (Å²) in [6, 6.07) is 3.47. The summed E-state index contributed by atoms with van der Waals surface area (Å²) in [6.07, 6.45) is 4.84. The second kappa shape index (κ2) is 7.49.